The first-order valence-corrected chi connectivity index (χ1v) is 6.76. The van der Waals surface area contributed by atoms with Gasteiger partial charge in [-0.3, -0.25) is 4.79 Å². The van der Waals surface area contributed by atoms with Crippen LogP contribution in [0.1, 0.15) is 24.8 Å². The topological polar surface area (TPSA) is 26.3 Å². The van der Waals surface area contributed by atoms with E-state index in [9.17, 15) is 4.79 Å². The van der Waals surface area contributed by atoms with E-state index in [-0.39, 0.29) is 11.9 Å². The normalized spacial score (nSPS) is 21.8. The molecular formula is C14H15BrO2. The number of aryl methyl sites for hydroxylation is 1. The van der Waals surface area contributed by atoms with Gasteiger partial charge in [-0.15, -0.1) is 0 Å². The average Bonchev–Trinajstić information content (AvgIpc) is 2.72. The van der Waals surface area contributed by atoms with Crippen LogP contribution in [0, 0.1) is 5.92 Å². The molecule has 0 radical (unpaired) electrons. The second-order valence-corrected chi connectivity index (χ2v) is 4.73. The minimum Gasteiger partial charge on any atom is -0.430 e. The summed E-state index contributed by atoms with van der Waals surface area (Å²) in [6.07, 6.45) is 3.69. The Bertz CT molecular complexity index is 411. The summed E-state index contributed by atoms with van der Waals surface area (Å²) in [5.74, 6) is 0.714. The van der Waals surface area contributed by atoms with Crippen LogP contribution in [-0.2, 0) is 16.0 Å². The highest BCUT2D eigenvalue weighted by molar-refractivity contribution is 9.11. The molecule has 1 aliphatic heterocycles. The number of halogens is 1. The maximum atomic E-state index is 11.5. The highest BCUT2D eigenvalue weighted by Gasteiger charge is 2.29. The largest absolute Gasteiger partial charge is 0.430 e. The van der Waals surface area contributed by atoms with Crippen molar-refractivity contribution in [2.24, 2.45) is 5.92 Å². The zero-order valence-electron chi connectivity index (χ0n) is 9.56. The molecule has 3 heteroatoms. The van der Waals surface area contributed by atoms with Gasteiger partial charge in [0.15, 0.2) is 0 Å². The number of cyclic esters (lactones) is 1. The number of rotatable bonds is 4. The first-order valence-electron chi connectivity index (χ1n) is 5.84. The predicted molar refractivity (Wildman–Crippen MR) is 70.6 cm³/mol. The maximum absolute atomic E-state index is 11.5. The van der Waals surface area contributed by atoms with Crippen molar-refractivity contribution < 1.29 is 9.53 Å². The Morgan fingerprint density at radius 2 is 2.12 bits per heavy atom. The molecule has 2 nitrogen and oxygen atoms in total. The first-order chi connectivity index (χ1) is 8.29. The van der Waals surface area contributed by atoms with E-state index in [1.807, 2.05) is 18.2 Å². The summed E-state index contributed by atoms with van der Waals surface area (Å²) in [4.78, 5) is 13.2. The summed E-state index contributed by atoms with van der Waals surface area (Å²) < 4.78 is 5.10. The Balaban J connectivity index is 1.78. The van der Waals surface area contributed by atoms with Crippen molar-refractivity contribution in [3.8, 4) is 0 Å². The van der Waals surface area contributed by atoms with Gasteiger partial charge in [0.05, 0.1) is 5.92 Å². The van der Waals surface area contributed by atoms with E-state index in [4.69, 9.17) is 4.74 Å². The van der Waals surface area contributed by atoms with E-state index in [1.165, 1.54) is 5.56 Å². The Kier molecular flexibility index (Phi) is 4.37. The molecule has 2 rings (SSSR count). The summed E-state index contributed by atoms with van der Waals surface area (Å²) in [5.41, 5.74) is 1.33. The minimum absolute atomic E-state index is 0.0440. The molecule has 0 unspecified atom stereocenters. The van der Waals surface area contributed by atoms with Crippen LogP contribution in [0.5, 0.6) is 0 Å². The number of esters is 1. The van der Waals surface area contributed by atoms with Gasteiger partial charge in [0, 0.05) is 11.4 Å². The number of hydrogen-bond acceptors (Lipinski definition) is 2. The minimum atomic E-state index is -0.0799. The van der Waals surface area contributed by atoms with Crippen LogP contribution in [0.4, 0.5) is 0 Å². The van der Waals surface area contributed by atoms with Crippen LogP contribution in [0.2, 0.25) is 0 Å². The number of hydrogen-bond donors (Lipinski definition) is 0. The van der Waals surface area contributed by atoms with Crippen LogP contribution in [0.25, 0.3) is 0 Å². The van der Waals surface area contributed by atoms with Gasteiger partial charge in [-0.1, -0.05) is 46.3 Å². The van der Waals surface area contributed by atoms with Gasteiger partial charge in [-0.25, -0.2) is 0 Å². The molecule has 0 aromatic heterocycles. The molecule has 0 bridgehead atoms. The second kappa shape index (κ2) is 6.01. The molecule has 1 fully saturated rings. The second-order valence-electron chi connectivity index (χ2n) is 4.28. The molecular weight excluding hydrogens is 280 g/mol. The average molecular weight is 295 g/mol. The Hall–Kier alpha value is -1.09. The fraction of sp³-hybridized carbons (Fsp3) is 0.357. The van der Waals surface area contributed by atoms with Crippen molar-refractivity contribution in [2.45, 2.75) is 25.7 Å². The fourth-order valence-corrected chi connectivity index (χ4v) is 2.34. The zero-order valence-corrected chi connectivity index (χ0v) is 11.2. The molecule has 17 heavy (non-hydrogen) atoms. The van der Waals surface area contributed by atoms with Gasteiger partial charge < -0.3 is 4.74 Å². The van der Waals surface area contributed by atoms with Crippen molar-refractivity contribution in [1.29, 1.82) is 0 Å². The molecule has 0 aliphatic carbocycles. The summed E-state index contributed by atoms with van der Waals surface area (Å²) in [6.45, 7) is 0. The lowest BCUT2D eigenvalue weighted by molar-refractivity contribution is -0.139. The fourth-order valence-electron chi connectivity index (χ4n) is 2.06. The molecule has 1 aromatic rings. The lowest BCUT2D eigenvalue weighted by Crippen LogP contribution is -2.07. The number of carbonyl (C=O) groups is 1. The molecule has 0 spiro atoms. The van der Waals surface area contributed by atoms with Gasteiger partial charge >= 0.3 is 5.97 Å². The highest BCUT2D eigenvalue weighted by atomic mass is 79.9. The lowest BCUT2D eigenvalue weighted by Gasteiger charge is -2.04. The van der Waals surface area contributed by atoms with Crippen molar-refractivity contribution >= 4 is 21.9 Å². The molecule has 1 atom stereocenters. The Morgan fingerprint density at radius 3 is 2.76 bits per heavy atom. The van der Waals surface area contributed by atoms with Crippen molar-refractivity contribution in [3.05, 3.63) is 46.6 Å². The molecule has 1 heterocycles. The standard InChI is InChI=1S/C14H15BrO2/c15-10-13-9-12(14(16)17-13)8-4-7-11-5-2-1-3-6-11/h1-3,5-6,10,12H,4,7-9H2/b13-10+/t12-/m1/s1. The predicted octanol–water partition coefficient (Wildman–Crippen LogP) is 3.81. The van der Waals surface area contributed by atoms with E-state index < -0.39 is 0 Å². The summed E-state index contributed by atoms with van der Waals surface area (Å²) in [7, 11) is 0. The van der Waals surface area contributed by atoms with E-state index in [2.05, 4.69) is 28.1 Å². The van der Waals surface area contributed by atoms with Crippen LogP contribution in [0.3, 0.4) is 0 Å². The molecule has 1 saturated heterocycles. The van der Waals surface area contributed by atoms with Crippen LogP contribution < -0.4 is 0 Å². The molecule has 1 aromatic carbocycles. The summed E-state index contributed by atoms with van der Waals surface area (Å²) in [5, 5.41) is 0. The Labute approximate surface area is 110 Å². The van der Waals surface area contributed by atoms with Crippen LogP contribution >= 0.6 is 15.9 Å². The molecule has 90 valence electrons. The third-order valence-corrected chi connectivity index (χ3v) is 3.51. The number of carbonyl (C=O) groups excluding carboxylic acids is 1. The van der Waals surface area contributed by atoms with Gasteiger partial charge in [0.25, 0.3) is 0 Å². The highest BCUT2D eigenvalue weighted by Crippen LogP contribution is 2.29. The maximum Gasteiger partial charge on any atom is 0.314 e. The third kappa shape index (κ3) is 3.43. The van der Waals surface area contributed by atoms with E-state index in [1.54, 1.807) is 4.99 Å². The quantitative estimate of drug-likeness (QED) is 0.790. The van der Waals surface area contributed by atoms with Gasteiger partial charge in [-0.2, -0.15) is 0 Å². The third-order valence-electron chi connectivity index (χ3n) is 3.00. The van der Waals surface area contributed by atoms with Gasteiger partial charge in [0.2, 0.25) is 0 Å². The summed E-state index contributed by atoms with van der Waals surface area (Å²) >= 11 is 3.20. The van der Waals surface area contributed by atoms with Crippen molar-refractivity contribution in [3.63, 3.8) is 0 Å². The number of ether oxygens (including phenoxy) is 1. The van der Waals surface area contributed by atoms with E-state index in [0.29, 0.717) is 0 Å². The SMILES string of the molecule is O=C1O/C(=C/Br)C[C@H]1CCCc1ccccc1. The van der Waals surface area contributed by atoms with Crippen LogP contribution in [0.15, 0.2) is 41.1 Å². The lowest BCUT2D eigenvalue weighted by atomic mass is 9.98. The van der Waals surface area contributed by atoms with Crippen molar-refractivity contribution in [1.82, 2.24) is 0 Å². The first kappa shape index (κ1) is 12.4. The monoisotopic (exact) mass is 294 g/mol. The molecule has 0 N–H and O–H groups in total. The molecule has 1 aliphatic rings. The van der Waals surface area contributed by atoms with E-state index in [0.717, 1.165) is 31.4 Å². The number of benzene rings is 1. The smallest absolute Gasteiger partial charge is 0.314 e. The van der Waals surface area contributed by atoms with E-state index >= 15 is 0 Å². The molecule has 0 saturated carbocycles. The van der Waals surface area contributed by atoms with Gasteiger partial charge in [0.1, 0.15) is 5.76 Å². The molecule has 0 amide bonds. The number of allylic oxidation sites excluding steroid dienone is 1. The van der Waals surface area contributed by atoms with Crippen LogP contribution in [-0.4, -0.2) is 5.97 Å². The zero-order chi connectivity index (χ0) is 12.1. The summed E-state index contributed by atoms with van der Waals surface area (Å²) in [6, 6.07) is 10.4. The Morgan fingerprint density at radius 1 is 1.35 bits per heavy atom. The van der Waals surface area contributed by atoms with Gasteiger partial charge in [-0.05, 0) is 24.8 Å². The van der Waals surface area contributed by atoms with Crippen molar-refractivity contribution in [2.75, 3.05) is 0 Å².